The molecule has 1 aliphatic rings. The van der Waals surface area contributed by atoms with Crippen LogP contribution in [0.25, 0.3) is 0 Å². The van der Waals surface area contributed by atoms with Gasteiger partial charge in [-0.1, -0.05) is 13.8 Å². The Bertz CT molecular complexity index is 392. The van der Waals surface area contributed by atoms with Crippen LogP contribution in [0.3, 0.4) is 0 Å². The van der Waals surface area contributed by atoms with Gasteiger partial charge in [0.1, 0.15) is 0 Å². The third-order valence-electron chi connectivity index (χ3n) is 3.90. The first-order valence-corrected chi connectivity index (χ1v) is 7.71. The van der Waals surface area contributed by atoms with Gasteiger partial charge < -0.3 is 15.1 Å². The van der Waals surface area contributed by atoms with Gasteiger partial charge in [0.05, 0.1) is 0 Å². The fourth-order valence-corrected chi connectivity index (χ4v) is 2.71. The Morgan fingerprint density at radius 3 is 2.65 bits per heavy atom. The van der Waals surface area contributed by atoms with Gasteiger partial charge in [-0.15, -0.1) is 0 Å². The fraction of sp³-hybridized carbons (Fsp3) is 0.733. The Hall–Kier alpha value is -1.20. The minimum absolute atomic E-state index is 0.516. The lowest BCUT2D eigenvalue weighted by Crippen LogP contribution is -2.40. The smallest absolute Gasteiger partial charge is 0.225 e. The molecule has 0 saturated carbocycles. The molecule has 20 heavy (non-hydrogen) atoms. The van der Waals surface area contributed by atoms with E-state index < -0.39 is 0 Å². The van der Waals surface area contributed by atoms with Crippen molar-refractivity contribution in [1.82, 2.24) is 20.2 Å². The summed E-state index contributed by atoms with van der Waals surface area (Å²) >= 11 is 0. The summed E-state index contributed by atoms with van der Waals surface area (Å²) in [5.74, 6) is 0.882. The second kappa shape index (κ2) is 7.55. The minimum Gasteiger partial charge on any atom is -0.337 e. The Kier molecular flexibility index (Phi) is 5.73. The molecule has 1 aromatic heterocycles. The molecule has 5 heteroatoms. The zero-order valence-electron chi connectivity index (χ0n) is 13.0. The molecule has 0 spiro atoms. The van der Waals surface area contributed by atoms with Gasteiger partial charge in [-0.25, -0.2) is 9.97 Å². The van der Waals surface area contributed by atoms with Gasteiger partial charge in [0.25, 0.3) is 0 Å². The summed E-state index contributed by atoms with van der Waals surface area (Å²) in [6.07, 6.45) is 6.21. The lowest BCUT2D eigenvalue weighted by Gasteiger charge is -2.30. The molecule has 0 amide bonds. The highest BCUT2D eigenvalue weighted by Crippen LogP contribution is 2.17. The van der Waals surface area contributed by atoms with Crippen LogP contribution in [0.2, 0.25) is 0 Å². The van der Waals surface area contributed by atoms with E-state index in [1.807, 2.05) is 12.4 Å². The first-order valence-electron chi connectivity index (χ1n) is 7.71. The average Bonchev–Trinajstić information content (AvgIpc) is 2.67. The lowest BCUT2D eigenvalue weighted by molar-refractivity contribution is 0.327. The van der Waals surface area contributed by atoms with Crippen molar-refractivity contribution in [2.24, 2.45) is 0 Å². The van der Waals surface area contributed by atoms with Gasteiger partial charge in [-0.2, -0.15) is 0 Å². The molecular formula is C15H27N5. The second-order valence-corrected chi connectivity index (χ2v) is 5.54. The first kappa shape index (κ1) is 15.2. The van der Waals surface area contributed by atoms with Crippen LogP contribution >= 0.6 is 0 Å². The predicted octanol–water partition coefficient (Wildman–Crippen LogP) is 1.51. The molecule has 2 rings (SSSR count). The molecule has 0 bridgehead atoms. The van der Waals surface area contributed by atoms with Crippen molar-refractivity contribution in [2.45, 2.75) is 39.3 Å². The Morgan fingerprint density at radius 1 is 1.25 bits per heavy atom. The second-order valence-electron chi connectivity index (χ2n) is 5.54. The average molecular weight is 277 g/mol. The zero-order valence-corrected chi connectivity index (χ0v) is 13.0. The van der Waals surface area contributed by atoms with E-state index in [9.17, 15) is 0 Å². The normalized spacial score (nSPS) is 20.9. The van der Waals surface area contributed by atoms with E-state index in [0.29, 0.717) is 6.04 Å². The van der Waals surface area contributed by atoms with Gasteiger partial charge in [0.2, 0.25) is 5.95 Å². The van der Waals surface area contributed by atoms with Crippen molar-refractivity contribution < 1.29 is 0 Å². The van der Waals surface area contributed by atoms with E-state index in [-0.39, 0.29) is 0 Å². The number of nitrogens with zero attached hydrogens (tertiary/aromatic N) is 4. The molecule has 1 unspecified atom stereocenters. The minimum atomic E-state index is 0.516. The Morgan fingerprint density at radius 2 is 2.00 bits per heavy atom. The molecule has 0 aliphatic carbocycles. The lowest BCUT2D eigenvalue weighted by atomic mass is 10.2. The third kappa shape index (κ3) is 3.90. The van der Waals surface area contributed by atoms with Gasteiger partial charge >= 0.3 is 0 Å². The zero-order chi connectivity index (χ0) is 14.4. The van der Waals surface area contributed by atoms with Crippen LogP contribution < -0.4 is 10.2 Å². The molecule has 1 saturated heterocycles. The van der Waals surface area contributed by atoms with Crippen molar-refractivity contribution in [3.05, 3.63) is 18.0 Å². The van der Waals surface area contributed by atoms with Crippen molar-refractivity contribution in [3.8, 4) is 0 Å². The van der Waals surface area contributed by atoms with E-state index in [1.54, 1.807) is 0 Å². The van der Waals surface area contributed by atoms with Crippen molar-refractivity contribution in [3.63, 3.8) is 0 Å². The molecular weight excluding hydrogens is 250 g/mol. The molecule has 2 heterocycles. The molecule has 0 aromatic carbocycles. The van der Waals surface area contributed by atoms with Gasteiger partial charge in [0.15, 0.2) is 0 Å². The number of rotatable bonds is 5. The summed E-state index contributed by atoms with van der Waals surface area (Å²) in [6, 6.07) is 0.516. The number of nitrogens with one attached hydrogen (secondary N) is 1. The van der Waals surface area contributed by atoms with E-state index in [2.05, 4.69) is 46.0 Å². The van der Waals surface area contributed by atoms with E-state index >= 15 is 0 Å². The van der Waals surface area contributed by atoms with Crippen molar-refractivity contribution >= 4 is 5.95 Å². The summed E-state index contributed by atoms with van der Waals surface area (Å²) in [7, 11) is 2.20. The van der Waals surface area contributed by atoms with Crippen LogP contribution in [-0.2, 0) is 6.54 Å². The Labute approximate surface area is 122 Å². The summed E-state index contributed by atoms with van der Waals surface area (Å²) in [5, 5.41) is 3.30. The SMILES string of the molecule is CCNCc1cnc(N2CCCN(C)CC2CC)nc1. The van der Waals surface area contributed by atoms with Gasteiger partial charge in [-0.05, 0) is 33.0 Å². The van der Waals surface area contributed by atoms with Crippen LogP contribution in [0.15, 0.2) is 12.4 Å². The molecule has 1 N–H and O–H groups in total. The molecule has 0 radical (unpaired) electrons. The molecule has 5 nitrogen and oxygen atoms in total. The van der Waals surface area contributed by atoms with Crippen molar-refractivity contribution in [1.29, 1.82) is 0 Å². The topological polar surface area (TPSA) is 44.3 Å². The van der Waals surface area contributed by atoms with E-state index in [4.69, 9.17) is 0 Å². The van der Waals surface area contributed by atoms with Gasteiger partial charge in [-0.3, -0.25) is 0 Å². The summed E-state index contributed by atoms with van der Waals surface area (Å²) in [5.41, 5.74) is 1.15. The maximum atomic E-state index is 4.58. The third-order valence-corrected chi connectivity index (χ3v) is 3.90. The van der Waals surface area contributed by atoms with Crippen LogP contribution in [0.5, 0.6) is 0 Å². The van der Waals surface area contributed by atoms with Crippen LogP contribution in [-0.4, -0.2) is 54.1 Å². The first-order chi connectivity index (χ1) is 9.74. The highest BCUT2D eigenvalue weighted by atomic mass is 15.3. The maximum absolute atomic E-state index is 4.58. The number of aromatic nitrogens is 2. The highest BCUT2D eigenvalue weighted by molar-refractivity contribution is 5.32. The monoisotopic (exact) mass is 277 g/mol. The molecule has 112 valence electrons. The predicted molar refractivity (Wildman–Crippen MR) is 83.0 cm³/mol. The fourth-order valence-electron chi connectivity index (χ4n) is 2.71. The van der Waals surface area contributed by atoms with Crippen molar-refractivity contribution in [2.75, 3.05) is 38.1 Å². The van der Waals surface area contributed by atoms with Crippen LogP contribution in [0.1, 0.15) is 32.3 Å². The number of anilines is 1. The highest BCUT2D eigenvalue weighted by Gasteiger charge is 2.23. The summed E-state index contributed by atoms with van der Waals surface area (Å²) in [4.78, 5) is 13.9. The standard InChI is InChI=1S/C15H27N5/c1-4-14-12-19(3)7-6-8-20(14)15-17-10-13(11-18-15)9-16-5-2/h10-11,14,16H,4-9,12H2,1-3H3. The summed E-state index contributed by atoms with van der Waals surface area (Å²) < 4.78 is 0. The Balaban J connectivity index is 2.07. The largest absolute Gasteiger partial charge is 0.337 e. The molecule has 1 aromatic rings. The molecule has 1 fully saturated rings. The number of hydrogen-bond donors (Lipinski definition) is 1. The number of likely N-dealkylation sites (N-methyl/N-ethyl adjacent to an activating group) is 1. The quantitative estimate of drug-likeness (QED) is 0.884. The summed E-state index contributed by atoms with van der Waals surface area (Å²) in [6.45, 7) is 9.47. The van der Waals surface area contributed by atoms with E-state index in [1.165, 1.54) is 6.42 Å². The van der Waals surface area contributed by atoms with Crippen LogP contribution in [0, 0.1) is 0 Å². The molecule has 1 aliphatic heterocycles. The number of hydrogen-bond acceptors (Lipinski definition) is 5. The van der Waals surface area contributed by atoms with E-state index in [0.717, 1.165) is 50.7 Å². The molecule has 1 atom stereocenters. The maximum Gasteiger partial charge on any atom is 0.225 e. The van der Waals surface area contributed by atoms with Crippen LogP contribution in [0.4, 0.5) is 5.95 Å². The van der Waals surface area contributed by atoms with Gasteiger partial charge in [0, 0.05) is 43.6 Å².